The number of carbonyl (C=O) groups excluding carboxylic acids is 1. The minimum atomic E-state index is -0.776. The molecule has 0 radical (unpaired) electrons. The third-order valence-corrected chi connectivity index (χ3v) is 1.64. The molecule has 0 amide bonds. The summed E-state index contributed by atoms with van der Waals surface area (Å²) in [6.45, 7) is 0. The van der Waals surface area contributed by atoms with E-state index in [0.29, 0.717) is 0 Å². The van der Waals surface area contributed by atoms with Crippen LogP contribution >= 0.6 is 0 Å². The molecule has 0 aromatic heterocycles. The lowest BCUT2D eigenvalue weighted by atomic mass is 10.1. The molecule has 0 unspecified atom stereocenters. The quantitative estimate of drug-likeness (QED) is 0.507. The van der Waals surface area contributed by atoms with Crippen LogP contribution < -0.4 is 0 Å². The van der Waals surface area contributed by atoms with E-state index in [1.165, 1.54) is 0 Å². The molecule has 1 aromatic carbocycles. The van der Waals surface area contributed by atoms with Crippen molar-refractivity contribution in [1.82, 2.24) is 0 Å². The highest BCUT2D eigenvalue weighted by Crippen LogP contribution is 2.26. The van der Waals surface area contributed by atoms with Crippen LogP contribution in [0.3, 0.4) is 0 Å². The topological polar surface area (TPSA) is 90.5 Å². The Bertz CT molecular complexity index is 420. The molecule has 0 aliphatic heterocycles. The van der Waals surface area contributed by atoms with Gasteiger partial charge >= 0.3 is 5.97 Å². The average Bonchev–Trinajstić information content (AvgIpc) is 2.19. The predicted octanol–water partition coefficient (Wildman–Crippen LogP) is 0.756. The summed E-state index contributed by atoms with van der Waals surface area (Å²) in [4.78, 5) is 11.0. The minimum absolute atomic E-state index is 0.102. The van der Waals surface area contributed by atoms with Crippen LogP contribution in [0.25, 0.3) is 0 Å². The number of nitriles is 1. The number of phenols is 2. The van der Waals surface area contributed by atoms with Crippen LogP contribution in [0.1, 0.15) is 15.9 Å². The molecule has 5 nitrogen and oxygen atoms in total. The standard InChI is InChI=1S/C9H7NO4/c1-14-9(13)6-3-7(11)5(4-10)2-8(6)12/h2-3,11-12H,1H3. The van der Waals surface area contributed by atoms with E-state index in [9.17, 15) is 15.0 Å². The molecule has 1 rings (SSSR count). The zero-order chi connectivity index (χ0) is 10.7. The molecule has 1 aromatic rings. The number of hydrogen-bond donors (Lipinski definition) is 2. The van der Waals surface area contributed by atoms with Gasteiger partial charge in [0, 0.05) is 6.07 Å². The summed E-state index contributed by atoms with van der Waals surface area (Å²) in [5, 5.41) is 27.0. The first-order valence-corrected chi connectivity index (χ1v) is 3.64. The Kier molecular flexibility index (Phi) is 2.58. The van der Waals surface area contributed by atoms with E-state index in [2.05, 4.69) is 4.74 Å². The molecule has 0 heterocycles. The molecule has 0 saturated heterocycles. The molecule has 2 N–H and O–H groups in total. The second kappa shape index (κ2) is 3.66. The van der Waals surface area contributed by atoms with Gasteiger partial charge in [0.25, 0.3) is 0 Å². The van der Waals surface area contributed by atoms with E-state index in [1.807, 2.05) is 0 Å². The van der Waals surface area contributed by atoms with E-state index < -0.39 is 11.7 Å². The van der Waals surface area contributed by atoms with Crippen LogP contribution in [-0.2, 0) is 4.74 Å². The number of esters is 1. The van der Waals surface area contributed by atoms with Gasteiger partial charge in [0.15, 0.2) is 0 Å². The fourth-order valence-corrected chi connectivity index (χ4v) is 0.940. The van der Waals surface area contributed by atoms with Gasteiger partial charge in [0.05, 0.1) is 12.7 Å². The summed E-state index contributed by atoms with van der Waals surface area (Å²) < 4.78 is 4.35. The van der Waals surface area contributed by atoms with Crippen molar-refractivity contribution in [2.45, 2.75) is 0 Å². The number of phenolic OH excluding ortho intramolecular Hbond substituents is 2. The Hall–Kier alpha value is -2.22. The summed E-state index contributed by atoms with van der Waals surface area (Å²) in [6.07, 6.45) is 0. The number of benzene rings is 1. The van der Waals surface area contributed by atoms with E-state index >= 15 is 0 Å². The van der Waals surface area contributed by atoms with Crippen molar-refractivity contribution in [3.63, 3.8) is 0 Å². The Morgan fingerprint density at radius 2 is 2.07 bits per heavy atom. The lowest BCUT2D eigenvalue weighted by Crippen LogP contribution is -2.01. The van der Waals surface area contributed by atoms with Gasteiger partial charge in [0.1, 0.15) is 23.1 Å². The van der Waals surface area contributed by atoms with Crippen molar-refractivity contribution < 1.29 is 19.7 Å². The summed E-state index contributed by atoms with van der Waals surface area (Å²) in [5.74, 6) is -1.54. The van der Waals surface area contributed by atoms with Gasteiger partial charge < -0.3 is 14.9 Å². The van der Waals surface area contributed by atoms with Gasteiger partial charge in [-0.1, -0.05) is 0 Å². The molecule has 0 aliphatic carbocycles. The highest BCUT2D eigenvalue weighted by Gasteiger charge is 2.15. The lowest BCUT2D eigenvalue weighted by molar-refractivity contribution is 0.0597. The van der Waals surface area contributed by atoms with E-state index in [-0.39, 0.29) is 16.9 Å². The first kappa shape index (κ1) is 9.86. The lowest BCUT2D eigenvalue weighted by Gasteiger charge is -2.03. The van der Waals surface area contributed by atoms with Crippen molar-refractivity contribution in [3.05, 3.63) is 23.3 Å². The van der Waals surface area contributed by atoms with Crippen molar-refractivity contribution in [3.8, 4) is 17.6 Å². The highest BCUT2D eigenvalue weighted by atomic mass is 16.5. The Morgan fingerprint density at radius 1 is 1.43 bits per heavy atom. The number of nitrogens with zero attached hydrogens (tertiary/aromatic N) is 1. The third-order valence-electron chi connectivity index (χ3n) is 1.64. The smallest absolute Gasteiger partial charge is 0.341 e. The third kappa shape index (κ3) is 1.59. The fourth-order valence-electron chi connectivity index (χ4n) is 0.940. The molecule has 72 valence electrons. The molecule has 0 saturated carbocycles. The van der Waals surface area contributed by atoms with E-state index in [1.54, 1.807) is 6.07 Å². The zero-order valence-corrected chi connectivity index (χ0v) is 7.31. The van der Waals surface area contributed by atoms with Crippen LogP contribution in [0.15, 0.2) is 12.1 Å². The molecular weight excluding hydrogens is 186 g/mol. The monoisotopic (exact) mass is 193 g/mol. The number of carbonyl (C=O) groups is 1. The molecule has 0 spiro atoms. The van der Waals surface area contributed by atoms with Crippen LogP contribution in [0.4, 0.5) is 0 Å². The summed E-state index contributed by atoms with van der Waals surface area (Å²) in [7, 11) is 1.15. The van der Waals surface area contributed by atoms with Gasteiger partial charge in [-0.25, -0.2) is 4.79 Å². The van der Waals surface area contributed by atoms with Gasteiger partial charge in [-0.3, -0.25) is 0 Å². The first-order chi connectivity index (χ1) is 6.60. The van der Waals surface area contributed by atoms with Crippen molar-refractivity contribution in [2.24, 2.45) is 0 Å². The van der Waals surface area contributed by atoms with Crippen LogP contribution in [0.5, 0.6) is 11.5 Å². The number of ether oxygens (including phenoxy) is 1. The summed E-state index contributed by atoms with van der Waals surface area (Å²) in [5.41, 5.74) is -0.279. The molecule has 5 heteroatoms. The average molecular weight is 193 g/mol. The van der Waals surface area contributed by atoms with Gasteiger partial charge in [0.2, 0.25) is 0 Å². The second-order valence-electron chi connectivity index (χ2n) is 2.49. The van der Waals surface area contributed by atoms with Crippen LogP contribution in [0.2, 0.25) is 0 Å². The van der Waals surface area contributed by atoms with Crippen LogP contribution in [0, 0.1) is 11.3 Å². The van der Waals surface area contributed by atoms with Crippen molar-refractivity contribution >= 4 is 5.97 Å². The van der Waals surface area contributed by atoms with Gasteiger partial charge in [-0.2, -0.15) is 5.26 Å². The molecule has 0 fully saturated rings. The first-order valence-electron chi connectivity index (χ1n) is 3.64. The van der Waals surface area contributed by atoms with E-state index in [0.717, 1.165) is 19.2 Å². The SMILES string of the molecule is COC(=O)c1cc(O)c(C#N)cc1O. The van der Waals surface area contributed by atoms with Crippen molar-refractivity contribution in [2.75, 3.05) is 7.11 Å². The fraction of sp³-hybridized carbons (Fsp3) is 0.111. The van der Waals surface area contributed by atoms with Gasteiger partial charge in [-0.05, 0) is 6.07 Å². The maximum Gasteiger partial charge on any atom is 0.341 e. The second-order valence-corrected chi connectivity index (χ2v) is 2.49. The van der Waals surface area contributed by atoms with Crippen LogP contribution in [-0.4, -0.2) is 23.3 Å². The largest absolute Gasteiger partial charge is 0.507 e. The van der Waals surface area contributed by atoms with Crippen molar-refractivity contribution in [1.29, 1.82) is 5.26 Å². The Balaban J connectivity index is 3.30. The maximum atomic E-state index is 11.0. The number of rotatable bonds is 1. The normalized spacial score (nSPS) is 9.14. The minimum Gasteiger partial charge on any atom is -0.507 e. The number of hydrogen-bond acceptors (Lipinski definition) is 5. The number of methoxy groups -OCH3 is 1. The molecule has 0 bridgehead atoms. The van der Waals surface area contributed by atoms with Gasteiger partial charge in [-0.15, -0.1) is 0 Å². The Morgan fingerprint density at radius 3 is 2.57 bits per heavy atom. The predicted molar refractivity (Wildman–Crippen MR) is 45.8 cm³/mol. The summed E-state index contributed by atoms with van der Waals surface area (Å²) in [6, 6.07) is 3.65. The highest BCUT2D eigenvalue weighted by molar-refractivity contribution is 5.93. The molecule has 0 atom stereocenters. The number of aromatic hydroxyl groups is 2. The maximum absolute atomic E-state index is 11.0. The zero-order valence-electron chi connectivity index (χ0n) is 7.31. The van der Waals surface area contributed by atoms with E-state index in [4.69, 9.17) is 5.26 Å². The Labute approximate surface area is 79.8 Å². The molecule has 14 heavy (non-hydrogen) atoms. The molecule has 0 aliphatic rings. The molecular formula is C9H7NO4. The summed E-state index contributed by atoms with van der Waals surface area (Å²) >= 11 is 0.